The summed E-state index contributed by atoms with van der Waals surface area (Å²) in [7, 11) is 0. The number of hydrogen-bond donors (Lipinski definition) is 2. The number of rotatable bonds is 5. The minimum absolute atomic E-state index is 0.0636. The predicted molar refractivity (Wildman–Crippen MR) is 58.5 cm³/mol. The first kappa shape index (κ1) is 13.7. The van der Waals surface area contributed by atoms with Crippen molar-refractivity contribution < 1.29 is 14.7 Å². The second-order valence-electron chi connectivity index (χ2n) is 4.20. The molecule has 0 saturated heterocycles. The van der Waals surface area contributed by atoms with Crippen molar-refractivity contribution in [3.63, 3.8) is 0 Å². The van der Waals surface area contributed by atoms with E-state index in [1.165, 1.54) is 6.08 Å². The number of carbonyl (C=O) groups is 2. The van der Waals surface area contributed by atoms with Gasteiger partial charge in [0.25, 0.3) is 0 Å². The van der Waals surface area contributed by atoms with Gasteiger partial charge in [-0.25, -0.2) is 0 Å². The number of carboxylic acids is 1. The third-order valence-electron chi connectivity index (χ3n) is 2.17. The van der Waals surface area contributed by atoms with Crippen molar-refractivity contribution in [1.82, 2.24) is 5.32 Å². The van der Waals surface area contributed by atoms with Crippen LogP contribution in [0.15, 0.2) is 11.6 Å². The van der Waals surface area contributed by atoms with Crippen molar-refractivity contribution in [3.8, 4) is 0 Å². The van der Waals surface area contributed by atoms with Crippen LogP contribution in [0.5, 0.6) is 0 Å². The third kappa shape index (κ3) is 5.88. The molecule has 4 heteroatoms. The lowest BCUT2D eigenvalue weighted by atomic mass is 9.94. The molecule has 0 bridgehead atoms. The minimum atomic E-state index is -0.906. The lowest BCUT2D eigenvalue weighted by molar-refractivity contribution is -0.138. The Morgan fingerprint density at radius 2 is 1.93 bits per heavy atom. The molecule has 1 atom stereocenters. The largest absolute Gasteiger partial charge is 0.481 e. The fourth-order valence-corrected chi connectivity index (χ4v) is 1.19. The number of hydrogen-bond acceptors (Lipinski definition) is 2. The first-order valence-corrected chi connectivity index (χ1v) is 4.98. The van der Waals surface area contributed by atoms with Gasteiger partial charge < -0.3 is 10.4 Å². The highest BCUT2D eigenvalue weighted by atomic mass is 16.4. The van der Waals surface area contributed by atoms with Crippen molar-refractivity contribution in [2.24, 2.45) is 0 Å². The van der Waals surface area contributed by atoms with Crippen LogP contribution in [0.4, 0.5) is 0 Å². The first-order chi connectivity index (χ1) is 6.79. The maximum Gasteiger partial charge on any atom is 0.305 e. The zero-order valence-corrected chi connectivity index (χ0v) is 9.76. The van der Waals surface area contributed by atoms with E-state index in [-0.39, 0.29) is 12.3 Å². The molecule has 0 unspecified atom stereocenters. The highest BCUT2D eigenvalue weighted by Gasteiger charge is 2.26. The van der Waals surface area contributed by atoms with E-state index in [1.807, 2.05) is 20.8 Å². The van der Waals surface area contributed by atoms with E-state index in [0.29, 0.717) is 6.42 Å². The molecule has 0 radical (unpaired) electrons. The van der Waals surface area contributed by atoms with E-state index in [9.17, 15) is 9.59 Å². The van der Waals surface area contributed by atoms with Crippen LogP contribution in [0.3, 0.4) is 0 Å². The Morgan fingerprint density at radius 1 is 1.40 bits per heavy atom. The Morgan fingerprint density at radius 3 is 2.27 bits per heavy atom. The van der Waals surface area contributed by atoms with E-state index in [2.05, 4.69) is 5.32 Å². The Hall–Kier alpha value is -1.32. The molecule has 0 aliphatic carbocycles. The molecule has 0 spiro atoms. The SMILES string of the molecule is CC[C@](C)(CC(=O)O)NC(=O)C=C(C)C. The zero-order chi connectivity index (χ0) is 12.1. The van der Waals surface area contributed by atoms with Crippen LogP contribution >= 0.6 is 0 Å². The predicted octanol–water partition coefficient (Wildman–Crippen LogP) is 1.71. The lowest BCUT2D eigenvalue weighted by Crippen LogP contribution is -2.46. The third-order valence-corrected chi connectivity index (χ3v) is 2.17. The molecule has 1 amide bonds. The maximum absolute atomic E-state index is 11.4. The highest BCUT2D eigenvalue weighted by molar-refractivity contribution is 5.89. The summed E-state index contributed by atoms with van der Waals surface area (Å²) in [6.45, 7) is 7.23. The van der Waals surface area contributed by atoms with Crippen molar-refractivity contribution in [2.45, 2.75) is 46.1 Å². The van der Waals surface area contributed by atoms with Crippen LogP contribution in [0, 0.1) is 0 Å². The summed E-state index contributed by atoms with van der Waals surface area (Å²) < 4.78 is 0. The number of nitrogens with one attached hydrogen (secondary N) is 1. The Kier molecular flexibility index (Phi) is 5.05. The maximum atomic E-state index is 11.4. The van der Waals surface area contributed by atoms with Gasteiger partial charge in [-0.15, -0.1) is 0 Å². The standard InChI is InChI=1S/C11H19NO3/c1-5-11(4,7-10(14)15)12-9(13)6-8(2)3/h6H,5,7H2,1-4H3,(H,12,13)(H,14,15)/t11-/m1/s1. The Balaban J connectivity index is 4.50. The van der Waals surface area contributed by atoms with Gasteiger partial charge in [0, 0.05) is 11.6 Å². The smallest absolute Gasteiger partial charge is 0.305 e. The summed E-state index contributed by atoms with van der Waals surface area (Å²) >= 11 is 0. The van der Waals surface area contributed by atoms with Gasteiger partial charge >= 0.3 is 5.97 Å². The summed E-state index contributed by atoms with van der Waals surface area (Å²) in [5.74, 6) is -1.14. The lowest BCUT2D eigenvalue weighted by Gasteiger charge is -2.27. The molecule has 2 N–H and O–H groups in total. The average Bonchev–Trinajstić information content (AvgIpc) is 2.00. The van der Waals surface area contributed by atoms with Crippen molar-refractivity contribution >= 4 is 11.9 Å². The van der Waals surface area contributed by atoms with Gasteiger partial charge in [0.05, 0.1) is 6.42 Å². The molecule has 15 heavy (non-hydrogen) atoms. The quantitative estimate of drug-likeness (QED) is 0.683. The summed E-state index contributed by atoms with van der Waals surface area (Å²) in [6.07, 6.45) is 1.99. The molecule has 0 aromatic carbocycles. The van der Waals surface area contributed by atoms with Gasteiger partial charge in [-0.2, -0.15) is 0 Å². The van der Waals surface area contributed by atoms with E-state index in [0.717, 1.165) is 5.57 Å². The molecule has 86 valence electrons. The second kappa shape index (κ2) is 5.53. The monoisotopic (exact) mass is 213 g/mol. The Labute approximate surface area is 90.4 Å². The van der Waals surface area contributed by atoms with E-state index in [4.69, 9.17) is 5.11 Å². The van der Waals surface area contributed by atoms with Crippen molar-refractivity contribution in [2.75, 3.05) is 0 Å². The highest BCUT2D eigenvalue weighted by Crippen LogP contribution is 2.14. The molecule has 0 fully saturated rings. The number of carboxylic acid groups (broad SMARTS) is 1. The molecule has 4 nitrogen and oxygen atoms in total. The summed E-state index contributed by atoms with van der Waals surface area (Å²) in [4.78, 5) is 22.0. The van der Waals surface area contributed by atoms with Crippen LogP contribution < -0.4 is 5.32 Å². The van der Waals surface area contributed by atoms with Crippen molar-refractivity contribution in [1.29, 1.82) is 0 Å². The number of aliphatic carboxylic acids is 1. The van der Waals surface area contributed by atoms with Gasteiger partial charge in [-0.1, -0.05) is 12.5 Å². The molecular weight excluding hydrogens is 194 g/mol. The van der Waals surface area contributed by atoms with Crippen LogP contribution in [0.1, 0.15) is 40.5 Å². The van der Waals surface area contributed by atoms with Crippen LogP contribution in [-0.4, -0.2) is 22.5 Å². The van der Waals surface area contributed by atoms with E-state index < -0.39 is 11.5 Å². The van der Waals surface area contributed by atoms with Gasteiger partial charge in [0.2, 0.25) is 5.91 Å². The Bertz CT molecular complexity index is 280. The van der Waals surface area contributed by atoms with Gasteiger partial charge in [-0.05, 0) is 27.2 Å². The number of carbonyl (C=O) groups excluding carboxylic acids is 1. The molecule has 0 saturated carbocycles. The van der Waals surface area contributed by atoms with E-state index in [1.54, 1.807) is 6.92 Å². The summed E-state index contributed by atoms with van der Waals surface area (Å²) in [5.41, 5.74) is 0.218. The zero-order valence-electron chi connectivity index (χ0n) is 9.76. The summed E-state index contributed by atoms with van der Waals surface area (Å²) in [5, 5.41) is 11.4. The molecule has 0 aliphatic rings. The minimum Gasteiger partial charge on any atom is -0.481 e. The normalized spacial score (nSPS) is 13.9. The fraction of sp³-hybridized carbons (Fsp3) is 0.636. The average molecular weight is 213 g/mol. The van der Waals surface area contributed by atoms with Crippen LogP contribution in [0.2, 0.25) is 0 Å². The number of amides is 1. The molecule has 0 heterocycles. The molecule has 0 aromatic heterocycles. The van der Waals surface area contributed by atoms with Gasteiger partial charge in [0.15, 0.2) is 0 Å². The van der Waals surface area contributed by atoms with Crippen LogP contribution in [0.25, 0.3) is 0 Å². The number of allylic oxidation sites excluding steroid dienone is 1. The molecular formula is C11H19NO3. The second-order valence-corrected chi connectivity index (χ2v) is 4.20. The fourth-order valence-electron chi connectivity index (χ4n) is 1.19. The van der Waals surface area contributed by atoms with Crippen molar-refractivity contribution in [3.05, 3.63) is 11.6 Å². The topological polar surface area (TPSA) is 66.4 Å². The molecule has 0 aromatic rings. The van der Waals surface area contributed by atoms with Crippen LogP contribution in [-0.2, 0) is 9.59 Å². The molecule has 0 aliphatic heterocycles. The molecule has 0 rings (SSSR count). The first-order valence-electron chi connectivity index (χ1n) is 4.98. The van der Waals surface area contributed by atoms with Gasteiger partial charge in [-0.3, -0.25) is 9.59 Å². The van der Waals surface area contributed by atoms with Gasteiger partial charge in [0.1, 0.15) is 0 Å². The van der Waals surface area contributed by atoms with E-state index >= 15 is 0 Å². The summed E-state index contributed by atoms with van der Waals surface area (Å²) in [6, 6.07) is 0.